The Morgan fingerprint density at radius 1 is 0.667 bits per heavy atom. The average molecular weight is 531 g/mol. The number of nitrogens with zero attached hydrogens (tertiary/aromatic N) is 1. The molecule has 6 nitrogen and oxygen atoms in total. The maximum Gasteiger partial charge on any atom is 0.341 e. The van der Waals surface area contributed by atoms with Crippen LogP contribution in [0.1, 0.15) is 157 Å². The van der Waals surface area contributed by atoms with Crippen LogP contribution in [0.4, 0.5) is 0 Å². The molecule has 0 bridgehead atoms. The van der Waals surface area contributed by atoms with E-state index in [9.17, 15) is 9.77 Å². The molecule has 0 aromatic rings. The Morgan fingerprint density at radius 3 is 1.36 bits per heavy atom. The summed E-state index contributed by atoms with van der Waals surface area (Å²) in [6.45, 7) is 13.7. The molecule has 1 fully saturated rings. The second-order valence-corrected chi connectivity index (χ2v) is 14.3. The summed E-state index contributed by atoms with van der Waals surface area (Å²) in [7, 11) is -3.18. The van der Waals surface area contributed by atoms with Crippen LogP contribution < -0.4 is 10.2 Å². The van der Waals surface area contributed by atoms with E-state index >= 15 is 0 Å². The van der Waals surface area contributed by atoms with Gasteiger partial charge in [0.15, 0.2) is 0 Å². The number of hydrogen-bond donors (Lipinski definition) is 2. The van der Waals surface area contributed by atoms with Crippen LogP contribution in [-0.4, -0.2) is 35.3 Å². The van der Waals surface area contributed by atoms with E-state index in [2.05, 4.69) is 24.0 Å². The Morgan fingerprint density at radius 2 is 1.00 bits per heavy atom. The summed E-state index contributed by atoms with van der Waals surface area (Å²) >= 11 is 0. The number of nitrogens with one attached hydrogen (secondary N) is 2. The van der Waals surface area contributed by atoms with Crippen LogP contribution in [0.15, 0.2) is 0 Å². The Hall–Kier alpha value is 0.0300. The Balaban J connectivity index is 2.52. The first kappa shape index (κ1) is 34.1. The molecule has 0 atom stereocenters. The van der Waals surface area contributed by atoms with Crippen LogP contribution in [0.25, 0.3) is 0 Å². The molecule has 0 aromatic carbocycles. The van der Waals surface area contributed by atoms with Crippen LogP contribution in [0.2, 0.25) is 0 Å². The van der Waals surface area contributed by atoms with Gasteiger partial charge in [0.1, 0.15) is 0 Å². The van der Waals surface area contributed by atoms with E-state index in [1.165, 1.54) is 82.1 Å². The first-order chi connectivity index (χ1) is 17.1. The van der Waals surface area contributed by atoms with Crippen molar-refractivity contribution in [1.29, 1.82) is 0 Å². The van der Waals surface area contributed by atoms with E-state index in [1.807, 2.05) is 27.7 Å². The predicted molar refractivity (Wildman–Crippen MR) is 154 cm³/mol. The number of unbranched alkanes of at least 4 members (excludes halogenated alkanes) is 14. The molecule has 0 saturated carbocycles. The largest absolute Gasteiger partial charge is 0.341 e. The highest BCUT2D eigenvalue weighted by atomic mass is 31.2. The molecule has 1 radical (unpaired) electrons. The van der Waals surface area contributed by atoms with Crippen molar-refractivity contribution in [1.82, 2.24) is 15.2 Å². The zero-order valence-corrected chi connectivity index (χ0v) is 25.7. The monoisotopic (exact) mass is 530 g/mol. The van der Waals surface area contributed by atoms with Crippen molar-refractivity contribution in [3.8, 4) is 0 Å². The van der Waals surface area contributed by atoms with Crippen LogP contribution in [0.5, 0.6) is 0 Å². The first-order valence-electron chi connectivity index (χ1n) is 15.3. The lowest BCUT2D eigenvalue weighted by Gasteiger charge is -2.49. The zero-order chi connectivity index (χ0) is 26.9. The van der Waals surface area contributed by atoms with Crippen molar-refractivity contribution in [2.45, 2.75) is 174 Å². The van der Waals surface area contributed by atoms with Crippen LogP contribution >= 0.6 is 7.67 Å². The van der Waals surface area contributed by atoms with Crippen molar-refractivity contribution in [2.75, 3.05) is 13.1 Å². The fourth-order valence-corrected chi connectivity index (χ4v) is 7.29. The third-order valence-electron chi connectivity index (χ3n) is 7.55. The van der Waals surface area contributed by atoms with Gasteiger partial charge in [-0.25, -0.2) is 10.2 Å². The maximum absolute atomic E-state index is 13.9. The maximum atomic E-state index is 13.9. The molecule has 1 aliphatic heterocycles. The number of hydroxylamine groups is 2. The lowest BCUT2D eigenvalue weighted by Crippen LogP contribution is -2.60. The molecule has 0 unspecified atom stereocenters. The van der Waals surface area contributed by atoms with Gasteiger partial charge in [-0.1, -0.05) is 104 Å². The van der Waals surface area contributed by atoms with Gasteiger partial charge in [-0.2, -0.15) is 0 Å². The molecule has 36 heavy (non-hydrogen) atoms. The molecule has 0 aromatic heterocycles. The molecule has 1 rings (SSSR count). The van der Waals surface area contributed by atoms with Gasteiger partial charge in [0.2, 0.25) is 0 Å². The van der Waals surface area contributed by atoms with Gasteiger partial charge in [-0.05, 0) is 53.4 Å². The van der Waals surface area contributed by atoms with Gasteiger partial charge >= 0.3 is 7.67 Å². The van der Waals surface area contributed by atoms with Gasteiger partial charge in [0.05, 0.1) is 6.10 Å². The van der Waals surface area contributed by atoms with Gasteiger partial charge in [-0.15, -0.1) is 10.3 Å². The molecule has 0 aliphatic carbocycles. The summed E-state index contributed by atoms with van der Waals surface area (Å²) in [6.07, 6.45) is 21.0. The molecule has 1 aliphatic rings. The SMILES string of the molecule is CCCCCCCCCCNP(=O)(NCCCCCCCCCC)OC1CC(C)(C)N([O])C(C)(C)C1. The second kappa shape index (κ2) is 18.3. The lowest BCUT2D eigenvalue weighted by atomic mass is 9.80. The predicted octanol–water partition coefficient (Wildman–Crippen LogP) is 8.94. The Kier molecular flexibility index (Phi) is 17.4. The molecule has 215 valence electrons. The van der Waals surface area contributed by atoms with Gasteiger partial charge < -0.3 is 4.52 Å². The normalized spacial score (nSPS) is 18.6. The summed E-state index contributed by atoms with van der Waals surface area (Å²) in [5.41, 5.74) is -1.07. The number of rotatable bonds is 22. The first-order valence-corrected chi connectivity index (χ1v) is 16.9. The molecule has 0 amide bonds. The van der Waals surface area contributed by atoms with Gasteiger partial charge in [-0.3, -0.25) is 4.57 Å². The van der Waals surface area contributed by atoms with Crippen molar-refractivity contribution in [3.05, 3.63) is 0 Å². The third kappa shape index (κ3) is 14.3. The van der Waals surface area contributed by atoms with E-state index in [-0.39, 0.29) is 6.10 Å². The van der Waals surface area contributed by atoms with Gasteiger partial charge in [0.25, 0.3) is 0 Å². The third-order valence-corrected chi connectivity index (χ3v) is 9.43. The smallest absolute Gasteiger partial charge is 0.303 e. The Bertz CT molecular complexity index is 556. The highest BCUT2D eigenvalue weighted by Crippen LogP contribution is 2.46. The Labute approximate surface area is 224 Å². The van der Waals surface area contributed by atoms with Crippen LogP contribution in [0.3, 0.4) is 0 Å². The van der Waals surface area contributed by atoms with Crippen LogP contribution in [-0.2, 0) is 14.3 Å². The second-order valence-electron chi connectivity index (χ2n) is 12.4. The molecule has 2 N–H and O–H groups in total. The molecule has 1 saturated heterocycles. The van der Waals surface area contributed by atoms with E-state index in [0.717, 1.165) is 25.7 Å². The van der Waals surface area contributed by atoms with Crippen LogP contribution in [0, 0.1) is 0 Å². The number of piperidine rings is 1. The zero-order valence-electron chi connectivity index (χ0n) is 24.8. The summed E-state index contributed by atoms with van der Waals surface area (Å²) in [5, 5.41) is 20.5. The minimum atomic E-state index is -3.18. The van der Waals surface area contributed by atoms with Gasteiger partial charge in [0, 0.05) is 24.2 Å². The minimum Gasteiger partial charge on any atom is -0.303 e. The summed E-state index contributed by atoms with van der Waals surface area (Å²) in [5.74, 6) is 0. The van der Waals surface area contributed by atoms with E-state index in [4.69, 9.17) is 4.52 Å². The molecule has 7 heteroatoms. The lowest BCUT2D eigenvalue weighted by molar-refractivity contribution is -0.296. The van der Waals surface area contributed by atoms with Crippen molar-refractivity contribution >= 4 is 7.67 Å². The molecular weight excluding hydrogens is 469 g/mol. The van der Waals surface area contributed by atoms with Crippen molar-refractivity contribution in [3.63, 3.8) is 0 Å². The standard InChI is InChI=1S/C29H61N3O3P/c1-7-9-11-13-15-17-19-21-23-30-36(34,31-24-22-20-18-16-14-12-10-8-2)35-27-25-28(3,4)32(33)29(5,6)26-27/h27H,7-26H2,1-6H3,(H2,30,31,34). The average Bonchev–Trinajstić information content (AvgIpc) is 2.80. The van der Waals surface area contributed by atoms with E-state index in [0.29, 0.717) is 25.9 Å². The molecular formula is C29H61N3O3P. The molecule has 1 heterocycles. The molecule has 0 spiro atoms. The fraction of sp³-hybridized carbons (Fsp3) is 1.00. The number of hydrogen-bond acceptors (Lipinski definition) is 3. The van der Waals surface area contributed by atoms with E-state index in [1.54, 1.807) is 0 Å². The quantitative estimate of drug-likeness (QED) is 0.108. The minimum absolute atomic E-state index is 0.205. The summed E-state index contributed by atoms with van der Waals surface area (Å²) in [6, 6.07) is 0. The van der Waals surface area contributed by atoms with Crippen molar-refractivity contribution < 1.29 is 14.3 Å². The topological polar surface area (TPSA) is 73.5 Å². The fourth-order valence-electron chi connectivity index (χ4n) is 5.56. The summed E-state index contributed by atoms with van der Waals surface area (Å²) < 4.78 is 20.2. The summed E-state index contributed by atoms with van der Waals surface area (Å²) in [4.78, 5) is 0. The highest BCUT2D eigenvalue weighted by molar-refractivity contribution is 7.54. The highest BCUT2D eigenvalue weighted by Gasteiger charge is 2.48. The van der Waals surface area contributed by atoms with E-state index < -0.39 is 18.7 Å². The van der Waals surface area contributed by atoms with Crippen molar-refractivity contribution in [2.24, 2.45) is 0 Å².